The van der Waals surface area contributed by atoms with Crippen LogP contribution in [0.2, 0.25) is 0 Å². The van der Waals surface area contributed by atoms with Crippen molar-refractivity contribution in [2.45, 2.75) is 32.2 Å². The summed E-state index contributed by atoms with van der Waals surface area (Å²) < 4.78 is 10.5. The molecular formula is C21H31N3O2. The van der Waals surface area contributed by atoms with Crippen molar-refractivity contribution in [1.29, 1.82) is 0 Å². The number of anilines is 1. The molecule has 26 heavy (non-hydrogen) atoms. The van der Waals surface area contributed by atoms with Crippen molar-refractivity contribution in [3.63, 3.8) is 0 Å². The summed E-state index contributed by atoms with van der Waals surface area (Å²) in [5.74, 6) is 1.16. The average molecular weight is 357 g/mol. The van der Waals surface area contributed by atoms with E-state index in [1.54, 1.807) is 7.11 Å². The van der Waals surface area contributed by atoms with E-state index in [0.717, 1.165) is 50.5 Å². The van der Waals surface area contributed by atoms with E-state index in [4.69, 9.17) is 14.5 Å². The number of para-hydroxylation sites is 1. The summed E-state index contributed by atoms with van der Waals surface area (Å²) in [5.41, 5.74) is 2.38. The zero-order valence-electron chi connectivity index (χ0n) is 15.9. The number of nitrogens with zero attached hydrogens (tertiary/aromatic N) is 2. The standard InChI is InChI=1S/C21H31N3O2/c1-25-14-15-26-13-7-10-22-17-19-16-18-8-3-4-9-20(18)23-21(19)24-11-5-2-6-12-24/h3-4,8-9,16,22H,2,5-7,10-15,17H2,1H3. The molecule has 1 aliphatic rings. The Balaban J connectivity index is 1.60. The molecule has 5 heteroatoms. The fraction of sp³-hybridized carbons (Fsp3) is 0.571. The lowest BCUT2D eigenvalue weighted by Crippen LogP contribution is -2.32. The summed E-state index contributed by atoms with van der Waals surface area (Å²) in [6.07, 6.45) is 4.87. The van der Waals surface area contributed by atoms with Gasteiger partial charge in [-0.25, -0.2) is 4.98 Å². The Labute approximate surface area is 156 Å². The van der Waals surface area contributed by atoms with Gasteiger partial charge in [0.15, 0.2) is 0 Å². The third-order valence-corrected chi connectivity index (χ3v) is 4.83. The molecule has 1 N–H and O–H groups in total. The average Bonchev–Trinajstić information content (AvgIpc) is 2.70. The topological polar surface area (TPSA) is 46.6 Å². The van der Waals surface area contributed by atoms with Crippen molar-refractivity contribution in [1.82, 2.24) is 10.3 Å². The van der Waals surface area contributed by atoms with Gasteiger partial charge in [0.25, 0.3) is 0 Å². The fourth-order valence-corrected chi connectivity index (χ4v) is 3.43. The number of pyridine rings is 1. The molecule has 0 aliphatic carbocycles. The molecule has 0 saturated carbocycles. The van der Waals surface area contributed by atoms with Crippen molar-refractivity contribution in [2.24, 2.45) is 0 Å². The first-order valence-corrected chi connectivity index (χ1v) is 9.79. The summed E-state index contributed by atoms with van der Waals surface area (Å²) in [6.45, 7) is 6.13. The zero-order chi connectivity index (χ0) is 18.0. The van der Waals surface area contributed by atoms with Crippen molar-refractivity contribution in [3.8, 4) is 0 Å². The van der Waals surface area contributed by atoms with Crippen LogP contribution in [-0.4, -0.2) is 51.5 Å². The first-order chi connectivity index (χ1) is 12.9. The summed E-state index contributed by atoms with van der Waals surface area (Å²) >= 11 is 0. The molecule has 0 spiro atoms. The quantitative estimate of drug-likeness (QED) is 0.661. The lowest BCUT2D eigenvalue weighted by atomic mass is 10.1. The van der Waals surface area contributed by atoms with Gasteiger partial charge in [0, 0.05) is 44.3 Å². The third kappa shape index (κ3) is 5.40. The number of hydrogen-bond acceptors (Lipinski definition) is 5. The molecule has 0 unspecified atom stereocenters. The van der Waals surface area contributed by atoms with Gasteiger partial charge in [0.05, 0.1) is 18.7 Å². The molecule has 1 saturated heterocycles. The molecule has 1 aromatic heterocycles. The van der Waals surface area contributed by atoms with E-state index in [1.165, 1.54) is 30.2 Å². The van der Waals surface area contributed by atoms with Crippen LogP contribution in [0.3, 0.4) is 0 Å². The molecule has 1 aromatic carbocycles. The Morgan fingerprint density at radius 2 is 1.92 bits per heavy atom. The number of hydrogen-bond donors (Lipinski definition) is 1. The molecule has 2 aromatic rings. The van der Waals surface area contributed by atoms with E-state index >= 15 is 0 Å². The van der Waals surface area contributed by atoms with Gasteiger partial charge in [0.2, 0.25) is 0 Å². The van der Waals surface area contributed by atoms with E-state index in [0.29, 0.717) is 13.2 Å². The Morgan fingerprint density at radius 1 is 1.08 bits per heavy atom. The SMILES string of the molecule is COCCOCCCNCc1cc2ccccc2nc1N1CCCCC1. The monoisotopic (exact) mass is 357 g/mol. The van der Waals surface area contributed by atoms with Crippen molar-refractivity contribution in [3.05, 3.63) is 35.9 Å². The number of rotatable bonds is 10. The minimum atomic E-state index is 0.662. The van der Waals surface area contributed by atoms with Gasteiger partial charge in [-0.15, -0.1) is 0 Å². The molecule has 2 heterocycles. The second-order valence-electron chi connectivity index (χ2n) is 6.85. The summed E-state index contributed by atoms with van der Waals surface area (Å²) in [5, 5.41) is 4.77. The van der Waals surface area contributed by atoms with Crippen molar-refractivity contribution >= 4 is 16.7 Å². The van der Waals surface area contributed by atoms with Gasteiger partial charge in [0.1, 0.15) is 5.82 Å². The van der Waals surface area contributed by atoms with E-state index < -0.39 is 0 Å². The van der Waals surface area contributed by atoms with Gasteiger partial charge in [-0.1, -0.05) is 18.2 Å². The second kappa shape index (κ2) is 10.5. The lowest BCUT2D eigenvalue weighted by molar-refractivity contribution is 0.0695. The van der Waals surface area contributed by atoms with Crippen LogP contribution in [0.1, 0.15) is 31.2 Å². The van der Waals surface area contributed by atoms with E-state index in [-0.39, 0.29) is 0 Å². The van der Waals surface area contributed by atoms with Gasteiger partial charge in [-0.05, 0) is 44.4 Å². The third-order valence-electron chi connectivity index (χ3n) is 4.83. The zero-order valence-corrected chi connectivity index (χ0v) is 15.9. The molecule has 5 nitrogen and oxygen atoms in total. The highest BCUT2D eigenvalue weighted by Crippen LogP contribution is 2.26. The van der Waals surface area contributed by atoms with Gasteiger partial charge in [-0.2, -0.15) is 0 Å². The minimum Gasteiger partial charge on any atom is -0.382 e. The summed E-state index contributed by atoms with van der Waals surface area (Å²) in [7, 11) is 1.70. The highest BCUT2D eigenvalue weighted by Gasteiger charge is 2.16. The van der Waals surface area contributed by atoms with E-state index in [9.17, 15) is 0 Å². The fourth-order valence-electron chi connectivity index (χ4n) is 3.43. The Bertz CT molecular complexity index is 671. The van der Waals surface area contributed by atoms with Gasteiger partial charge >= 0.3 is 0 Å². The Morgan fingerprint density at radius 3 is 2.77 bits per heavy atom. The highest BCUT2D eigenvalue weighted by molar-refractivity contribution is 5.81. The molecular weight excluding hydrogens is 326 g/mol. The van der Waals surface area contributed by atoms with Crippen LogP contribution in [0.15, 0.2) is 30.3 Å². The number of benzene rings is 1. The number of aromatic nitrogens is 1. The van der Waals surface area contributed by atoms with Crippen molar-refractivity contribution < 1.29 is 9.47 Å². The van der Waals surface area contributed by atoms with Gasteiger partial charge in [-0.3, -0.25) is 0 Å². The van der Waals surface area contributed by atoms with Crippen LogP contribution in [0.4, 0.5) is 5.82 Å². The number of fused-ring (bicyclic) bond motifs is 1. The number of nitrogens with one attached hydrogen (secondary N) is 1. The maximum atomic E-state index is 5.52. The molecule has 1 fully saturated rings. The highest BCUT2D eigenvalue weighted by atomic mass is 16.5. The largest absolute Gasteiger partial charge is 0.382 e. The number of piperidine rings is 1. The first-order valence-electron chi connectivity index (χ1n) is 9.79. The number of ether oxygens (including phenoxy) is 2. The van der Waals surface area contributed by atoms with Gasteiger partial charge < -0.3 is 19.7 Å². The second-order valence-corrected chi connectivity index (χ2v) is 6.85. The van der Waals surface area contributed by atoms with E-state index in [2.05, 4.69) is 40.5 Å². The molecule has 0 bridgehead atoms. The lowest BCUT2D eigenvalue weighted by Gasteiger charge is -2.30. The Hall–Kier alpha value is -1.69. The predicted molar refractivity (Wildman–Crippen MR) is 107 cm³/mol. The molecule has 3 rings (SSSR count). The van der Waals surface area contributed by atoms with Crippen LogP contribution in [0, 0.1) is 0 Å². The molecule has 1 aliphatic heterocycles. The maximum Gasteiger partial charge on any atom is 0.133 e. The summed E-state index contributed by atoms with van der Waals surface area (Å²) in [6, 6.07) is 10.7. The predicted octanol–water partition coefficient (Wildman–Crippen LogP) is 3.37. The molecule has 0 atom stereocenters. The van der Waals surface area contributed by atoms with Crippen LogP contribution >= 0.6 is 0 Å². The van der Waals surface area contributed by atoms with Crippen LogP contribution in [0.5, 0.6) is 0 Å². The normalized spacial score (nSPS) is 14.9. The maximum absolute atomic E-state index is 5.52. The molecule has 142 valence electrons. The minimum absolute atomic E-state index is 0.662. The smallest absolute Gasteiger partial charge is 0.133 e. The first kappa shape index (κ1) is 19.1. The Kier molecular flexibility index (Phi) is 7.67. The van der Waals surface area contributed by atoms with Crippen LogP contribution in [-0.2, 0) is 16.0 Å². The van der Waals surface area contributed by atoms with Crippen LogP contribution < -0.4 is 10.2 Å². The van der Waals surface area contributed by atoms with Crippen LogP contribution in [0.25, 0.3) is 10.9 Å². The number of methoxy groups -OCH3 is 1. The van der Waals surface area contributed by atoms with Crippen molar-refractivity contribution in [2.75, 3.05) is 51.5 Å². The molecule has 0 radical (unpaired) electrons. The molecule has 0 amide bonds. The van der Waals surface area contributed by atoms with E-state index in [1.807, 2.05) is 0 Å². The summed E-state index contributed by atoms with van der Waals surface area (Å²) in [4.78, 5) is 7.45.